The predicted molar refractivity (Wildman–Crippen MR) is 112 cm³/mol. The minimum Gasteiger partial charge on any atom is -0.493 e. The number of morpholine rings is 1. The Morgan fingerprint density at radius 1 is 1.04 bits per heavy atom. The van der Waals surface area contributed by atoms with Gasteiger partial charge < -0.3 is 29.7 Å². The molecule has 0 aromatic heterocycles. The molecule has 7 heteroatoms. The van der Waals surface area contributed by atoms with Crippen LogP contribution in [0.4, 0.5) is 11.4 Å². The zero-order chi connectivity index (χ0) is 19.1. The number of ether oxygens (including phenoxy) is 3. The minimum absolute atomic E-state index is 0.555. The van der Waals surface area contributed by atoms with E-state index < -0.39 is 0 Å². The number of thiocarbonyl (C=S) groups is 1. The van der Waals surface area contributed by atoms with Gasteiger partial charge in [-0.25, -0.2) is 0 Å². The molecule has 1 aliphatic heterocycles. The molecule has 1 heterocycles. The van der Waals surface area contributed by atoms with Crippen LogP contribution in [0.3, 0.4) is 0 Å². The Morgan fingerprint density at radius 2 is 1.74 bits per heavy atom. The van der Waals surface area contributed by atoms with Gasteiger partial charge in [-0.15, -0.1) is 0 Å². The molecule has 3 rings (SSSR count). The molecule has 144 valence electrons. The third kappa shape index (κ3) is 5.24. The highest BCUT2D eigenvalue weighted by Crippen LogP contribution is 2.29. The lowest BCUT2D eigenvalue weighted by Crippen LogP contribution is -2.36. The summed E-state index contributed by atoms with van der Waals surface area (Å²) in [5.74, 6) is 1.34. The van der Waals surface area contributed by atoms with Gasteiger partial charge in [0, 0.05) is 37.1 Å². The van der Waals surface area contributed by atoms with E-state index >= 15 is 0 Å². The van der Waals surface area contributed by atoms with Gasteiger partial charge in [0.15, 0.2) is 16.6 Å². The largest absolute Gasteiger partial charge is 0.493 e. The first-order valence-electron chi connectivity index (χ1n) is 8.88. The Bertz CT molecular complexity index is 762. The summed E-state index contributed by atoms with van der Waals surface area (Å²) in [7, 11) is 3.22. The van der Waals surface area contributed by atoms with E-state index in [-0.39, 0.29) is 0 Å². The lowest BCUT2D eigenvalue weighted by Gasteiger charge is -2.28. The second kappa shape index (κ2) is 9.43. The fraction of sp³-hybridized carbons (Fsp3) is 0.350. The van der Waals surface area contributed by atoms with Crippen LogP contribution in [0.1, 0.15) is 5.56 Å². The monoisotopic (exact) mass is 387 g/mol. The van der Waals surface area contributed by atoms with E-state index in [1.54, 1.807) is 14.2 Å². The van der Waals surface area contributed by atoms with Crippen LogP contribution in [0.25, 0.3) is 0 Å². The molecule has 1 aliphatic rings. The van der Waals surface area contributed by atoms with Crippen LogP contribution < -0.4 is 25.0 Å². The van der Waals surface area contributed by atoms with Crippen molar-refractivity contribution in [2.24, 2.45) is 0 Å². The quantitative estimate of drug-likeness (QED) is 0.739. The SMILES string of the molecule is COc1ccc(NC(=S)NCc2ccc(N3CCOCC3)cc2)cc1OC. The van der Waals surface area contributed by atoms with E-state index in [4.69, 9.17) is 26.4 Å². The second-order valence-electron chi connectivity index (χ2n) is 6.14. The van der Waals surface area contributed by atoms with Crippen molar-refractivity contribution in [1.29, 1.82) is 0 Å². The van der Waals surface area contributed by atoms with Crippen molar-refractivity contribution in [3.05, 3.63) is 48.0 Å². The molecule has 2 N–H and O–H groups in total. The normalized spacial score (nSPS) is 13.8. The van der Waals surface area contributed by atoms with Gasteiger partial charge in [0.05, 0.1) is 27.4 Å². The maximum Gasteiger partial charge on any atom is 0.171 e. The molecular formula is C20H25N3O3S. The summed E-state index contributed by atoms with van der Waals surface area (Å²) < 4.78 is 16.0. The highest BCUT2D eigenvalue weighted by molar-refractivity contribution is 7.80. The zero-order valence-electron chi connectivity index (χ0n) is 15.7. The molecule has 0 amide bonds. The van der Waals surface area contributed by atoms with E-state index in [2.05, 4.69) is 39.8 Å². The summed E-state index contributed by atoms with van der Waals surface area (Å²) in [5, 5.41) is 6.95. The smallest absolute Gasteiger partial charge is 0.171 e. The Balaban J connectivity index is 1.51. The van der Waals surface area contributed by atoms with Crippen LogP contribution >= 0.6 is 12.2 Å². The van der Waals surface area contributed by atoms with Gasteiger partial charge in [-0.3, -0.25) is 0 Å². The number of hydrogen-bond acceptors (Lipinski definition) is 5. The van der Waals surface area contributed by atoms with Crippen LogP contribution in [0.2, 0.25) is 0 Å². The molecule has 1 saturated heterocycles. The Kier molecular flexibility index (Phi) is 6.73. The third-order valence-corrected chi connectivity index (χ3v) is 4.65. The first kappa shape index (κ1) is 19.3. The average molecular weight is 388 g/mol. The van der Waals surface area contributed by atoms with E-state index in [9.17, 15) is 0 Å². The zero-order valence-corrected chi connectivity index (χ0v) is 16.5. The number of nitrogens with zero attached hydrogens (tertiary/aromatic N) is 1. The maximum absolute atomic E-state index is 5.40. The summed E-state index contributed by atoms with van der Waals surface area (Å²) in [6, 6.07) is 14.1. The van der Waals surface area contributed by atoms with Gasteiger partial charge in [-0.2, -0.15) is 0 Å². The summed E-state index contributed by atoms with van der Waals surface area (Å²) in [6.07, 6.45) is 0. The number of methoxy groups -OCH3 is 2. The molecule has 0 atom stereocenters. The molecule has 2 aromatic carbocycles. The fourth-order valence-electron chi connectivity index (χ4n) is 2.92. The van der Waals surface area contributed by atoms with Crippen molar-refractivity contribution in [2.45, 2.75) is 6.54 Å². The van der Waals surface area contributed by atoms with Crippen LogP contribution in [0, 0.1) is 0 Å². The highest BCUT2D eigenvalue weighted by Gasteiger charge is 2.11. The van der Waals surface area contributed by atoms with Crippen LogP contribution in [-0.4, -0.2) is 45.6 Å². The fourth-order valence-corrected chi connectivity index (χ4v) is 3.11. The molecule has 1 fully saturated rings. The first-order valence-corrected chi connectivity index (χ1v) is 9.29. The van der Waals surface area contributed by atoms with E-state index in [1.807, 2.05) is 18.2 Å². The maximum atomic E-state index is 5.40. The van der Waals surface area contributed by atoms with Crippen molar-refractivity contribution >= 4 is 28.7 Å². The van der Waals surface area contributed by atoms with Crippen LogP contribution in [-0.2, 0) is 11.3 Å². The van der Waals surface area contributed by atoms with E-state index in [1.165, 1.54) is 11.3 Å². The summed E-state index contributed by atoms with van der Waals surface area (Å²) in [4.78, 5) is 2.34. The number of nitrogens with one attached hydrogen (secondary N) is 2. The molecular weight excluding hydrogens is 362 g/mol. The molecule has 0 aliphatic carbocycles. The van der Waals surface area contributed by atoms with E-state index in [0.29, 0.717) is 23.2 Å². The van der Waals surface area contributed by atoms with Gasteiger partial charge in [0.1, 0.15) is 0 Å². The van der Waals surface area contributed by atoms with Crippen LogP contribution in [0.15, 0.2) is 42.5 Å². The molecule has 0 radical (unpaired) electrons. The molecule has 0 bridgehead atoms. The topological polar surface area (TPSA) is 55.0 Å². The van der Waals surface area contributed by atoms with Gasteiger partial charge in [0.25, 0.3) is 0 Å². The van der Waals surface area contributed by atoms with Crippen molar-refractivity contribution in [2.75, 3.05) is 50.7 Å². The second-order valence-corrected chi connectivity index (χ2v) is 6.55. The summed E-state index contributed by atoms with van der Waals surface area (Å²) in [5.41, 5.74) is 3.24. The predicted octanol–water partition coefficient (Wildman–Crippen LogP) is 3.03. The van der Waals surface area contributed by atoms with Gasteiger partial charge in [0.2, 0.25) is 0 Å². The molecule has 0 spiro atoms. The Morgan fingerprint density at radius 3 is 2.41 bits per heavy atom. The number of hydrogen-bond donors (Lipinski definition) is 2. The lowest BCUT2D eigenvalue weighted by atomic mass is 10.2. The first-order chi connectivity index (χ1) is 13.2. The summed E-state index contributed by atoms with van der Waals surface area (Å²) >= 11 is 5.39. The van der Waals surface area contributed by atoms with Crippen molar-refractivity contribution < 1.29 is 14.2 Å². The number of anilines is 2. The Labute approximate surface area is 165 Å². The standard InChI is InChI=1S/C20H25N3O3S/c1-24-18-8-5-16(13-19(18)25-2)22-20(27)21-14-15-3-6-17(7-4-15)23-9-11-26-12-10-23/h3-8,13H,9-12,14H2,1-2H3,(H2,21,22,27). The lowest BCUT2D eigenvalue weighted by molar-refractivity contribution is 0.122. The van der Waals surface area contributed by atoms with Gasteiger partial charge in [-0.1, -0.05) is 12.1 Å². The van der Waals surface area contributed by atoms with Crippen molar-refractivity contribution in [3.8, 4) is 11.5 Å². The van der Waals surface area contributed by atoms with E-state index in [0.717, 1.165) is 32.0 Å². The molecule has 27 heavy (non-hydrogen) atoms. The van der Waals surface area contributed by atoms with Gasteiger partial charge >= 0.3 is 0 Å². The van der Waals surface area contributed by atoms with Crippen molar-refractivity contribution in [3.63, 3.8) is 0 Å². The molecule has 6 nitrogen and oxygen atoms in total. The molecule has 2 aromatic rings. The molecule has 0 saturated carbocycles. The minimum atomic E-state index is 0.555. The number of rotatable bonds is 6. The number of benzene rings is 2. The van der Waals surface area contributed by atoms with Gasteiger partial charge in [-0.05, 0) is 42.0 Å². The third-order valence-electron chi connectivity index (χ3n) is 4.41. The Hall–Kier alpha value is -2.51. The van der Waals surface area contributed by atoms with Crippen molar-refractivity contribution in [1.82, 2.24) is 5.32 Å². The molecule has 0 unspecified atom stereocenters. The average Bonchev–Trinajstić information content (AvgIpc) is 2.73. The summed E-state index contributed by atoms with van der Waals surface area (Å²) in [6.45, 7) is 4.12. The highest BCUT2D eigenvalue weighted by atomic mass is 32.1. The van der Waals surface area contributed by atoms with Crippen LogP contribution in [0.5, 0.6) is 11.5 Å².